The van der Waals surface area contributed by atoms with Gasteiger partial charge in [-0.1, -0.05) is 0 Å². The molecule has 0 unspecified atom stereocenters. The van der Waals surface area contributed by atoms with Crippen molar-refractivity contribution in [1.29, 1.82) is 0 Å². The fourth-order valence-electron chi connectivity index (χ4n) is 3.52. The number of rotatable bonds is 5. The van der Waals surface area contributed by atoms with E-state index in [1.807, 2.05) is 18.2 Å². The molecule has 0 spiro atoms. The smallest absolute Gasteiger partial charge is 0.262 e. The Kier molecular flexibility index (Phi) is 5.02. The van der Waals surface area contributed by atoms with Gasteiger partial charge >= 0.3 is 0 Å². The van der Waals surface area contributed by atoms with E-state index in [2.05, 4.69) is 10.6 Å². The van der Waals surface area contributed by atoms with Gasteiger partial charge in [-0.2, -0.15) is 0 Å². The molecule has 0 saturated heterocycles. The highest BCUT2D eigenvalue weighted by atomic mass is 16.5. The number of carbonyl (C=O) groups is 2. The van der Waals surface area contributed by atoms with Crippen LogP contribution in [0.25, 0.3) is 11.0 Å². The monoisotopic (exact) mass is 378 g/mol. The van der Waals surface area contributed by atoms with Crippen molar-refractivity contribution < 1.29 is 18.7 Å². The molecule has 0 aliphatic heterocycles. The predicted octanol–water partition coefficient (Wildman–Crippen LogP) is 4.29. The van der Waals surface area contributed by atoms with Crippen LogP contribution < -0.4 is 15.4 Å². The molecule has 144 valence electrons. The van der Waals surface area contributed by atoms with Crippen molar-refractivity contribution in [3.05, 3.63) is 53.8 Å². The number of anilines is 2. The number of furan rings is 1. The Bertz CT molecular complexity index is 1020. The standard InChI is InChI=1S/C22H22N2O4/c1-14(25)23-15-6-8-16(9-7-15)24-22(26)13-27-17-10-11-21-19(12-17)18-4-2-3-5-20(18)28-21/h6-12H,2-5,13H2,1H3,(H,23,25)(H,24,26). The van der Waals surface area contributed by atoms with Crippen molar-refractivity contribution in [3.8, 4) is 5.75 Å². The molecule has 2 amide bonds. The van der Waals surface area contributed by atoms with Crippen molar-refractivity contribution in [2.24, 2.45) is 0 Å². The summed E-state index contributed by atoms with van der Waals surface area (Å²) in [6, 6.07) is 12.6. The second-order valence-corrected chi connectivity index (χ2v) is 6.96. The van der Waals surface area contributed by atoms with Gasteiger partial charge in [-0.15, -0.1) is 0 Å². The van der Waals surface area contributed by atoms with Crippen molar-refractivity contribution in [3.63, 3.8) is 0 Å². The number of ether oxygens (including phenoxy) is 1. The Morgan fingerprint density at radius 2 is 1.71 bits per heavy atom. The lowest BCUT2D eigenvalue weighted by molar-refractivity contribution is -0.118. The number of benzene rings is 2. The molecule has 1 heterocycles. The number of amides is 2. The topological polar surface area (TPSA) is 80.6 Å². The van der Waals surface area contributed by atoms with Gasteiger partial charge in [-0.3, -0.25) is 9.59 Å². The number of carbonyl (C=O) groups excluding carboxylic acids is 2. The average molecular weight is 378 g/mol. The van der Waals surface area contributed by atoms with Crippen LogP contribution in [0.5, 0.6) is 5.75 Å². The van der Waals surface area contributed by atoms with Crippen molar-refractivity contribution in [2.45, 2.75) is 32.6 Å². The minimum atomic E-state index is -0.249. The first-order chi connectivity index (χ1) is 13.6. The van der Waals surface area contributed by atoms with Gasteiger partial charge < -0.3 is 19.8 Å². The summed E-state index contributed by atoms with van der Waals surface area (Å²) in [5.41, 5.74) is 3.47. The van der Waals surface area contributed by atoms with E-state index in [0.29, 0.717) is 17.1 Å². The number of hydrogen-bond donors (Lipinski definition) is 2. The van der Waals surface area contributed by atoms with Gasteiger partial charge in [0, 0.05) is 35.7 Å². The van der Waals surface area contributed by atoms with Crippen LogP contribution in [0, 0.1) is 0 Å². The van der Waals surface area contributed by atoms with E-state index in [0.717, 1.165) is 29.6 Å². The third-order valence-electron chi connectivity index (χ3n) is 4.79. The highest BCUT2D eigenvalue weighted by Gasteiger charge is 2.18. The van der Waals surface area contributed by atoms with Gasteiger partial charge in [0.15, 0.2) is 6.61 Å². The van der Waals surface area contributed by atoms with Crippen molar-refractivity contribution >= 4 is 34.2 Å². The van der Waals surface area contributed by atoms with Gasteiger partial charge in [-0.05, 0) is 61.7 Å². The van der Waals surface area contributed by atoms with Crippen LogP contribution in [0.4, 0.5) is 11.4 Å². The van der Waals surface area contributed by atoms with Gasteiger partial charge in [-0.25, -0.2) is 0 Å². The van der Waals surface area contributed by atoms with Crippen LogP contribution in [0.2, 0.25) is 0 Å². The number of nitrogens with one attached hydrogen (secondary N) is 2. The fourth-order valence-corrected chi connectivity index (χ4v) is 3.52. The molecule has 0 atom stereocenters. The molecule has 0 saturated carbocycles. The zero-order valence-corrected chi connectivity index (χ0v) is 15.7. The molecule has 28 heavy (non-hydrogen) atoms. The summed E-state index contributed by atoms with van der Waals surface area (Å²) in [4.78, 5) is 23.2. The third-order valence-corrected chi connectivity index (χ3v) is 4.79. The first-order valence-electron chi connectivity index (χ1n) is 9.43. The maximum Gasteiger partial charge on any atom is 0.262 e. The Balaban J connectivity index is 1.37. The molecule has 2 aromatic carbocycles. The molecular formula is C22H22N2O4. The molecule has 1 aromatic heterocycles. The average Bonchev–Trinajstić information content (AvgIpc) is 3.05. The van der Waals surface area contributed by atoms with Crippen LogP contribution in [-0.2, 0) is 22.4 Å². The summed E-state index contributed by atoms with van der Waals surface area (Å²) < 4.78 is 11.6. The van der Waals surface area contributed by atoms with Crippen molar-refractivity contribution in [2.75, 3.05) is 17.2 Å². The molecule has 0 radical (unpaired) electrons. The SMILES string of the molecule is CC(=O)Nc1ccc(NC(=O)COc2ccc3oc4c(c3c2)CCCC4)cc1. The van der Waals surface area contributed by atoms with Crippen LogP contribution in [0.15, 0.2) is 46.9 Å². The fraction of sp³-hybridized carbons (Fsp3) is 0.273. The molecule has 0 bridgehead atoms. The lowest BCUT2D eigenvalue weighted by Crippen LogP contribution is -2.20. The second-order valence-electron chi connectivity index (χ2n) is 6.96. The molecule has 6 nitrogen and oxygen atoms in total. The van der Waals surface area contributed by atoms with Gasteiger partial charge in [0.25, 0.3) is 5.91 Å². The van der Waals surface area contributed by atoms with E-state index in [1.54, 1.807) is 24.3 Å². The molecule has 3 aromatic rings. The normalized spacial score (nSPS) is 13.0. The van der Waals surface area contributed by atoms with E-state index in [9.17, 15) is 9.59 Å². The Morgan fingerprint density at radius 3 is 2.46 bits per heavy atom. The minimum absolute atomic E-state index is 0.0843. The number of hydrogen-bond acceptors (Lipinski definition) is 4. The molecule has 1 aliphatic carbocycles. The molecule has 1 aliphatic rings. The Hall–Kier alpha value is -3.28. The highest BCUT2D eigenvalue weighted by molar-refractivity contribution is 5.93. The summed E-state index contributed by atoms with van der Waals surface area (Å²) >= 11 is 0. The minimum Gasteiger partial charge on any atom is -0.484 e. The molecule has 2 N–H and O–H groups in total. The maximum atomic E-state index is 12.2. The summed E-state index contributed by atoms with van der Waals surface area (Å²) in [5.74, 6) is 1.35. The zero-order valence-electron chi connectivity index (χ0n) is 15.7. The first-order valence-corrected chi connectivity index (χ1v) is 9.43. The van der Waals surface area contributed by atoms with E-state index in [4.69, 9.17) is 9.15 Å². The van der Waals surface area contributed by atoms with E-state index >= 15 is 0 Å². The zero-order chi connectivity index (χ0) is 19.5. The van der Waals surface area contributed by atoms with E-state index < -0.39 is 0 Å². The van der Waals surface area contributed by atoms with Crippen LogP contribution >= 0.6 is 0 Å². The molecule has 4 rings (SSSR count). The summed E-state index contributed by atoms with van der Waals surface area (Å²) in [6.45, 7) is 1.36. The van der Waals surface area contributed by atoms with E-state index in [-0.39, 0.29) is 18.4 Å². The summed E-state index contributed by atoms with van der Waals surface area (Å²) in [5, 5.41) is 6.55. The highest BCUT2D eigenvalue weighted by Crippen LogP contribution is 2.33. The molecular weight excluding hydrogens is 356 g/mol. The van der Waals surface area contributed by atoms with Crippen LogP contribution in [-0.4, -0.2) is 18.4 Å². The Labute approximate surface area is 162 Å². The molecule has 0 fully saturated rings. The summed E-state index contributed by atoms with van der Waals surface area (Å²) in [7, 11) is 0. The lowest BCUT2D eigenvalue weighted by Gasteiger charge is -2.10. The number of aryl methyl sites for hydroxylation is 2. The van der Waals surface area contributed by atoms with Crippen LogP contribution in [0.3, 0.4) is 0 Å². The van der Waals surface area contributed by atoms with Gasteiger partial charge in [0.1, 0.15) is 17.1 Å². The number of fused-ring (bicyclic) bond motifs is 3. The van der Waals surface area contributed by atoms with Gasteiger partial charge in [0.2, 0.25) is 5.91 Å². The second kappa shape index (κ2) is 7.76. The predicted molar refractivity (Wildman–Crippen MR) is 108 cm³/mol. The maximum absolute atomic E-state index is 12.2. The van der Waals surface area contributed by atoms with Crippen LogP contribution in [0.1, 0.15) is 31.1 Å². The van der Waals surface area contributed by atoms with Gasteiger partial charge in [0.05, 0.1) is 0 Å². The molecule has 6 heteroatoms. The lowest BCUT2D eigenvalue weighted by atomic mass is 9.96. The van der Waals surface area contributed by atoms with Crippen molar-refractivity contribution in [1.82, 2.24) is 0 Å². The summed E-state index contributed by atoms with van der Waals surface area (Å²) in [6.07, 6.45) is 4.36. The quantitative estimate of drug-likeness (QED) is 0.694. The third kappa shape index (κ3) is 4.01. The first kappa shape index (κ1) is 18.1. The largest absolute Gasteiger partial charge is 0.484 e. The van der Waals surface area contributed by atoms with E-state index in [1.165, 1.54) is 25.3 Å². The Morgan fingerprint density at radius 1 is 1.00 bits per heavy atom.